The van der Waals surface area contributed by atoms with Gasteiger partial charge in [0, 0.05) is 12.6 Å². The highest BCUT2D eigenvalue weighted by atomic mass is 16.7. The van der Waals surface area contributed by atoms with Crippen molar-refractivity contribution in [2.75, 3.05) is 26.9 Å². The van der Waals surface area contributed by atoms with Crippen molar-refractivity contribution in [3.05, 3.63) is 29.8 Å². The Hall–Kier alpha value is -2.48. The maximum atomic E-state index is 12.3. The molecule has 1 saturated heterocycles. The van der Waals surface area contributed by atoms with Gasteiger partial charge in [0.25, 0.3) is 0 Å². The Kier molecular flexibility index (Phi) is 4.23. The number of fused-ring (bicyclic) bond motifs is 4. The van der Waals surface area contributed by atoms with E-state index in [1.165, 1.54) is 11.9 Å². The standard InChI is InChI=1S/C16H20N2O6/c1-3-22-15(21)23-8-11-13-10-6-4-5-7-12(10)24-16(11,9-19)18(2)14(20)17-13/h4-7,11,13,19H,3,8-9H2,1-2H3,(H,17,20)/t11-,13-,16+/m1/s1. The first kappa shape index (κ1) is 16.4. The van der Waals surface area contributed by atoms with Crippen LogP contribution in [0, 0.1) is 5.92 Å². The number of carbonyl (C=O) groups is 2. The van der Waals surface area contributed by atoms with Gasteiger partial charge in [0.15, 0.2) is 0 Å². The van der Waals surface area contributed by atoms with Crippen LogP contribution in [0.2, 0.25) is 0 Å². The molecule has 2 aliphatic rings. The number of carbonyl (C=O) groups excluding carboxylic acids is 2. The summed E-state index contributed by atoms with van der Waals surface area (Å²) in [6, 6.07) is 6.46. The quantitative estimate of drug-likeness (QED) is 0.803. The zero-order valence-corrected chi connectivity index (χ0v) is 13.5. The highest BCUT2D eigenvalue weighted by Crippen LogP contribution is 2.47. The predicted molar refractivity (Wildman–Crippen MR) is 82.4 cm³/mol. The second-order valence-corrected chi connectivity index (χ2v) is 5.73. The molecule has 2 N–H and O–H groups in total. The number of urea groups is 1. The molecule has 8 nitrogen and oxygen atoms in total. The Morgan fingerprint density at radius 2 is 2.17 bits per heavy atom. The van der Waals surface area contributed by atoms with E-state index in [0.717, 1.165) is 5.56 Å². The first-order valence-corrected chi connectivity index (χ1v) is 7.76. The summed E-state index contributed by atoms with van der Waals surface area (Å²) >= 11 is 0. The van der Waals surface area contributed by atoms with E-state index in [2.05, 4.69) is 5.32 Å². The molecule has 8 heteroatoms. The lowest BCUT2D eigenvalue weighted by atomic mass is 9.79. The van der Waals surface area contributed by atoms with Crippen LogP contribution in [0.1, 0.15) is 18.5 Å². The molecule has 24 heavy (non-hydrogen) atoms. The van der Waals surface area contributed by atoms with Crippen LogP contribution in [0.4, 0.5) is 9.59 Å². The molecule has 0 spiro atoms. The summed E-state index contributed by atoms with van der Waals surface area (Å²) in [7, 11) is 1.53. The van der Waals surface area contributed by atoms with Crippen molar-refractivity contribution >= 4 is 12.2 Å². The molecule has 2 bridgehead atoms. The molecular weight excluding hydrogens is 316 g/mol. The third-order valence-electron chi connectivity index (χ3n) is 4.54. The third-order valence-corrected chi connectivity index (χ3v) is 4.54. The van der Waals surface area contributed by atoms with Crippen LogP contribution in [0.15, 0.2) is 24.3 Å². The molecule has 0 radical (unpaired) electrons. The number of nitrogens with one attached hydrogen (secondary N) is 1. The fourth-order valence-corrected chi connectivity index (χ4v) is 3.27. The van der Waals surface area contributed by atoms with E-state index in [4.69, 9.17) is 14.2 Å². The molecule has 3 atom stereocenters. The number of amides is 2. The summed E-state index contributed by atoms with van der Waals surface area (Å²) in [5.74, 6) is 0.0836. The molecule has 2 amide bonds. The van der Waals surface area contributed by atoms with Crippen LogP contribution in [-0.4, -0.2) is 54.8 Å². The predicted octanol–water partition coefficient (Wildman–Crippen LogP) is 1.25. The Balaban J connectivity index is 1.96. The monoisotopic (exact) mass is 336 g/mol. The molecule has 0 aromatic heterocycles. The second-order valence-electron chi connectivity index (χ2n) is 5.73. The second kappa shape index (κ2) is 6.20. The van der Waals surface area contributed by atoms with Crippen molar-refractivity contribution in [2.45, 2.75) is 18.7 Å². The summed E-state index contributed by atoms with van der Waals surface area (Å²) in [4.78, 5) is 25.1. The van der Waals surface area contributed by atoms with Crippen LogP contribution >= 0.6 is 0 Å². The van der Waals surface area contributed by atoms with Gasteiger partial charge in [0.05, 0.1) is 18.6 Å². The Morgan fingerprint density at radius 3 is 2.88 bits per heavy atom. The van der Waals surface area contributed by atoms with Gasteiger partial charge >= 0.3 is 12.2 Å². The van der Waals surface area contributed by atoms with Crippen molar-refractivity contribution in [2.24, 2.45) is 5.92 Å². The number of hydrogen-bond donors (Lipinski definition) is 2. The van der Waals surface area contributed by atoms with E-state index >= 15 is 0 Å². The number of aliphatic hydroxyl groups is 1. The van der Waals surface area contributed by atoms with Gasteiger partial charge < -0.3 is 24.6 Å². The van der Waals surface area contributed by atoms with Gasteiger partial charge in [-0.05, 0) is 13.0 Å². The molecule has 2 aliphatic heterocycles. The lowest BCUT2D eigenvalue weighted by Crippen LogP contribution is -2.72. The van der Waals surface area contributed by atoms with Crippen molar-refractivity contribution in [3.8, 4) is 5.75 Å². The minimum Gasteiger partial charge on any atom is -0.464 e. The molecule has 1 fully saturated rings. The molecule has 0 unspecified atom stereocenters. The number of aliphatic hydroxyl groups excluding tert-OH is 1. The largest absolute Gasteiger partial charge is 0.508 e. The topological polar surface area (TPSA) is 97.3 Å². The maximum Gasteiger partial charge on any atom is 0.508 e. The minimum absolute atomic E-state index is 0.0665. The first-order valence-electron chi connectivity index (χ1n) is 7.76. The molecule has 130 valence electrons. The highest BCUT2D eigenvalue weighted by molar-refractivity contribution is 5.77. The van der Waals surface area contributed by atoms with Gasteiger partial charge in [0.2, 0.25) is 5.72 Å². The highest BCUT2D eigenvalue weighted by Gasteiger charge is 2.58. The fourth-order valence-electron chi connectivity index (χ4n) is 3.27. The fraction of sp³-hybridized carbons (Fsp3) is 0.500. The van der Waals surface area contributed by atoms with E-state index < -0.39 is 30.4 Å². The van der Waals surface area contributed by atoms with Crippen LogP contribution in [0.25, 0.3) is 0 Å². The average molecular weight is 336 g/mol. The van der Waals surface area contributed by atoms with Gasteiger partial charge in [-0.25, -0.2) is 9.59 Å². The van der Waals surface area contributed by atoms with Gasteiger partial charge in [-0.1, -0.05) is 18.2 Å². The third kappa shape index (κ3) is 2.43. The van der Waals surface area contributed by atoms with E-state index in [1.54, 1.807) is 13.0 Å². The average Bonchev–Trinajstić information content (AvgIpc) is 2.58. The van der Waals surface area contributed by atoms with E-state index in [0.29, 0.717) is 5.75 Å². The number of nitrogens with zero attached hydrogens (tertiary/aromatic N) is 1. The SMILES string of the molecule is CCOC(=O)OC[C@@H]1[C@@H]2NC(=O)N(C)[C@@]1(CO)Oc1ccccc12. The number of benzene rings is 1. The number of ether oxygens (including phenoxy) is 3. The van der Waals surface area contributed by atoms with Gasteiger partial charge in [-0.3, -0.25) is 4.90 Å². The summed E-state index contributed by atoms with van der Waals surface area (Å²) in [5, 5.41) is 12.9. The van der Waals surface area contributed by atoms with Crippen LogP contribution in [0.3, 0.4) is 0 Å². The molecule has 0 saturated carbocycles. The van der Waals surface area contributed by atoms with Crippen molar-refractivity contribution in [3.63, 3.8) is 0 Å². The smallest absolute Gasteiger partial charge is 0.464 e. The van der Waals surface area contributed by atoms with E-state index in [1.807, 2.05) is 18.2 Å². The van der Waals surface area contributed by atoms with Gasteiger partial charge in [-0.15, -0.1) is 0 Å². The van der Waals surface area contributed by atoms with Crippen LogP contribution in [0.5, 0.6) is 5.75 Å². The van der Waals surface area contributed by atoms with Crippen molar-refractivity contribution < 1.29 is 28.9 Å². The molecule has 1 aromatic rings. The summed E-state index contributed by atoms with van der Waals surface area (Å²) in [5.41, 5.74) is -0.533. The zero-order valence-electron chi connectivity index (χ0n) is 13.5. The maximum absolute atomic E-state index is 12.3. The molecule has 1 aromatic carbocycles. The number of hydrogen-bond acceptors (Lipinski definition) is 6. The summed E-state index contributed by atoms with van der Waals surface area (Å²) in [6.07, 6.45) is -0.795. The van der Waals surface area contributed by atoms with Crippen LogP contribution in [-0.2, 0) is 9.47 Å². The zero-order chi connectivity index (χ0) is 17.3. The number of para-hydroxylation sites is 1. The molecule has 0 aliphatic carbocycles. The normalized spacial score (nSPS) is 27.6. The molecular formula is C16H20N2O6. The van der Waals surface area contributed by atoms with Crippen molar-refractivity contribution in [1.82, 2.24) is 10.2 Å². The number of likely N-dealkylation sites (N-methyl/N-ethyl adjacent to an activating group) is 1. The van der Waals surface area contributed by atoms with Gasteiger partial charge in [0.1, 0.15) is 19.0 Å². The summed E-state index contributed by atoms with van der Waals surface area (Å²) in [6.45, 7) is 1.38. The lowest BCUT2D eigenvalue weighted by molar-refractivity contribution is -0.170. The minimum atomic E-state index is -1.31. The van der Waals surface area contributed by atoms with Crippen molar-refractivity contribution in [1.29, 1.82) is 0 Å². The first-order chi connectivity index (χ1) is 11.5. The Labute approximate surface area is 139 Å². The van der Waals surface area contributed by atoms with E-state index in [9.17, 15) is 14.7 Å². The molecule has 3 rings (SSSR count). The Morgan fingerprint density at radius 1 is 1.42 bits per heavy atom. The number of rotatable bonds is 4. The van der Waals surface area contributed by atoms with Crippen LogP contribution < -0.4 is 10.1 Å². The summed E-state index contributed by atoms with van der Waals surface area (Å²) < 4.78 is 15.9. The Bertz CT molecular complexity index is 651. The lowest BCUT2D eigenvalue weighted by Gasteiger charge is -2.54. The van der Waals surface area contributed by atoms with E-state index in [-0.39, 0.29) is 19.2 Å². The van der Waals surface area contributed by atoms with Gasteiger partial charge in [-0.2, -0.15) is 0 Å². The molecule has 2 heterocycles.